The summed E-state index contributed by atoms with van der Waals surface area (Å²) in [6.07, 6.45) is 3.01. The maximum Gasteiger partial charge on any atom is 0.122 e. The van der Waals surface area contributed by atoms with Crippen molar-refractivity contribution in [3.8, 4) is 5.75 Å². The zero-order valence-electron chi connectivity index (χ0n) is 13.8. The highest BCUT2D eigenvalue weighted by Gasteiger charge is 2.17. The van der Waals surface area contributed by atoms with Crippen LogP contribution in [-0.4, -0.2) is 18.1 Å². The number of aromatic amines is 1. The minimum atomic E-state index is 0.246. The highest BCUT2D eigenvalue weighted by Crippen LogP contribution is 2.32. The molecule has 0 spiro atoms. The minimum absolute atomic E-state index is 0.246. The molecular weight excluding hydrogens is 284 g/mol. The number of benzene rings is 2. The fourth-order valence-corrected chi connectivity index (χ4v) is 3.16. The van der Waals surface area contributed by atoms with Gasteiger partial charge < -0.3 is 15.5 Å². The van der Waals surface area contributed by atoms with Gasteiger partial charge in [0.05, 0.1) is 6.61 Å². The van der Waals surface area contributed by atoms with Crippen molar-refractivity contribution in [3.05, 3.63) is 65.4 Å². The Bertz CT molecular complexity index is 791. The number of nitrogens with two attached hydrogens (primary N) is 1. The highest BCUT2D eigenvalue weighted by molar-refractivity contribution is 5.83. The Morgan fingerprint density at radius 3 is 2.78 bits per heavy atom. The second-order valence-electron chi connectivity index (χ2n) is 5.97. The van der Waals surface area contributed by atoms with E-state index in [4.69, 9.17) is 10.5 Å². The zero-order valence-corrected chi connectivity index (χ0v) is 13.8. The Morgan fingerprint density at radius 2 is 2.00 bits per heavy atom. The number of nitrogens with one attached hydrogen (secondary N) is 1. The number of hydrogen-bond acceptors (Lipinski definition) is 2. The predicted octanol–water partition coefficient (Wildman–Crippen LogP) is 4.16. The summed E-state index contributed by atoms with van der Waals surface area (Å²) in [5.41, 5.74) is 11.0. The topological polar surface area (TPSA) is 51.0 Å². The van der Waals surface area contributed by atoms with Crippen molar-refractivity contribution in [2.45, 2.75) is 26.2 Å². The Balaban J connectivity index is 1.95. The van der Waals surface area contributed by atoms with E-state index in [-0.39, 0.29) is 5.92 Å². The second kappa shape index (κ2) is 6.88. The van der Waals surface area contributed by atoms with Crippen molar-refractivity contribution in [2.24, 2.45) is 5.73 Å². The summed E-state index contributed by atoms with van der Waals surface area (Å²) in [5, 5.41) is 1.27. The molecule has 0 saturated heterocycles. The van der Waals surface area contributed by atoms with Crippen LogP contribution in [0.4, 0.5) is 0 Å². The lowest BCUT2D eigenvalue weighted by molar-refractivity contribution is 0.334. The lowest BCUT2D eigenvalue weighted by atomic mass is 9.90. The molecule has 0 saturated carbocycles. The number of para-hydroxylation sites is 1. The van der Waals surface area contributed by atoms with Crippen molar-refractivity contribution in [1.82, 2.24) is 4.98 Å². The number of aromatic nitrogens is 1. The van der Waals surface area contributed by atoms with E-state index in [1.807, 2.05) is 6.92 Å². The van der Waals surface area contributed by atoms with E-state index >= 15 is 0 Å². The van der Waals surface area contributed by atoms with Crippen LogP contribution < -0.4 is 10.5 Å². The first-order valence-corrected chi connectivity index (χ1v) is 8.21. The molecule has 0 aliphatic rings. The molecule has 120 valence electrons. The Kier molecular flexibility index (Phi) is 4.68. The summed E-state index contributed by atoms with van der Waals surface area (Å²) >= 11 is 0. The summed E-state index contributed by atoms with van der Waals surface area (Å²) in [6, 6.07) is 14.8. The van der Waals surface area contributed by atoms with Gasteiger partial charge in [-0.15, -0.1) is 0 Å². The van der Waals surface area contributed by atoms with Crippen LogP contribution >= 0.6 is 0 Å². The van der Waals surface area contributed by atoms with Crippen molar-refractivity contribution in [2.75, 3.05) is 13.2 Å². The maximum atomic E-state index is 6.11. The van der Waals surface area contributed by atoms with Crippen LogP contribution in [-0.2, 0) is 6.42 Å². The van der Waals surface area contributed by atoms with Gasteiger partial charge in [-0.1, -0.05) is 35.9 Å². The summed E-state index contributed by atoms with van der Waals surface area (Å²) in [5.74, 6) is 1.20. The summed E-state index contributed by atoms with van der Waals surface area (Å²) < 4.78 is 5.82. The van der Waals surface area contributed by atoms with Crippen LogP contribution in [0.5, 0.6) is 5.75 Å². The van der Waals surface area contributed by atoms with E-state index in [1.165, 1.54) is 27.6 Å². The number of ether oxygens (including phenoxy) is 1. The van der Waals surface area contributed by atoms with Gasteiger partial charge in [-0.25, -0.2) is 0 Å². The number of H-pyrrole nitrogens is 1. The number of fused-ring (bicyclic) bond motifs is 1. The van der Waals surface area contributed by atoms with E-state index in [2.05, 4.69) is 60.6 Å². The molecule has 23 heavy (non-hydrogen) atoms. The molecule has 0 aliphatic carbocycles. The molecule has 3 aromatic rings. The lowest BCUT2D eigenvalue weighted by Crippen LogP contribution is -2.16. The molecule has 3 nitrogen and oxygen atoms in total. The molecule has 3 rings (SSSR count). The van der Waals surface area contributed by atoms with Gasteiger partial charge in [0.15, 0.2) is 0 Å². The van der Waals surface area contributed by atoms with Crippen LogP contribution in [0.3, 0.4) is 0 Å². The van der Waals surface area contributed by atoms with Crippen molar-refractivity contribution in [1.29, 1.82) is 0 Å². The number of rotatable bonds is 6. The molecule has 3 heteroatoms. The van der Waals surface area contributed by atoms with Gasteiger partial charge in [-0.05, 0) is 50.1 Å². The van der Waals surface area contributed by atoms with Crippen molar-refractivity contribution >= 4 is 10.9 Å². The van der Waals surface area contributed by atoms with Crippen LogP contribution in [0, 0.1) is 6.92 Å². The van der Waals surface area contributed by atoms with Gasteiger partial charge >= 0.3 is 0 Å². The fraction of sp³-hybridized carbons (Fsp3) is 0.300. The predicted molar refractivity (Wildman–Crippen MR) is 96.1 cm³/mol. The molecule has 0 radical (unpaired) electrons. The third kappa shape index (κ3) is 3.25. The Hall–Kier alpha value is -2.26. The molecule has 1 heterocycles. The second-order valence-corrected chi connectivity index (χ2v) is 5.97. The standard InChI is InChI=1S/C20H24N2O/c1-3-23-20-9-8-14(2)10-18(20)15(12-21)11-16-13-22-19-7-5-4-6-17(16)19/h4-10,13,15,22H,3,11-12,21H2,1-2H3. The lowest BCUT2D eigenvalue weighted by Gasteiger charge is -2.19. The van der Waals surface area contributed by atoms with Gasteiger partial charge in [0.1, 0.15) is 5.75 Å². The minimum Gasteiger partial charge on any atom is -0.494 e. The van der Waals surface area contributed by atoms with Gasteiger partial charge in [-0.3, -0.25) is 0 Å². The van der Waals surface area contributed by atoms with Crippen molar-refractivity contribution in [3.63, 3.8) is 0 Å². The zero-order chi connectivity index (χ0) is 16.2. The number of hydrogen-bond donors (Lipinski definition) is 2. The van der Waals surface area contributed by atoms with Gasteiger partial charge in [0, 0.05) is 23.0 Å². The quantitative estimate of drug-likeness (QED) is 0.718. The van der Waals surface area contributed by atoms with E-state index < -0.39 is 0 Å². The summed E-state index contributed by atoms with van der Waals surface area (Å²) in [4.78, 5) is 3.35. The average molecular weight is 308 g/mol. The third-order valence-electron chi connectivity index (χ3n) is 4.33. The molecule has 1 aromatic heterocycles. The first-order valence-electron chi connectivity index (χ1n) is 8.21. The fourth-order valence-electron chi connectivity index (χ4n) is 3.16. The molecule has 0 bridgehead atoms. The van der Waals surface area contributed by atoms with Crippen LogP contribution in [0.15, 0.2) is 48.7 Å². The Labute approximate surface area is 137 Å². The number of aryl methyl sites for hydroxylation is 1. The molecular formula is C20H24N2O. The summed E-state index contributed by atoms with van der Waals surface area (Å²) in [7, 11) is 0. The molecule has 1 atom stereocenters. The first-order chi connectivity index (χ1) is 11.2. The SMILES string of the molecule is CCOc1ccc(C)cc1C(CN)Cc1c[nH]c2ccccc12. The van der Waals surface area contributed by atoms with E-state index in [9.17, 15) is 0 Å². The third-order valence-corrected chi connectivity index (χ3v) is 4.33. The molecule has 0 aliphatic heterocycles. The molecule has 2 aromatic carbocycles. The molecule has 1 unspecified atom stereocenters. The average Bonchev–Trinajstić information content (AvgIpc) is 2.98. The van der Waals surface area contributed by atoms with E-state index in [1.54, 1.807) is 0 Å². The largest absolute Gasteiger partial charge is 0.494 e. The molecule has 0 fully saturated rings. The molecule has 0 amide bonds. The van der Waals surface area contributed by atoms with Crippen molar-refractivity contribution < 1.29 is 4.74 Å². The highest BCUT2D eigenvalue weighted by atomic mass is 16.5. The van der Waals surface area contributed by atoms with E-state index in [0.29, 0.717) is 13.2 Å². The van der Waals surface area contributed by atoms with Gasteiger partial charge in [0.2, 0.25) is 0 Å². The monoisotopic (exact) mass is 308 g/mol. The normalized spacial score (nSPS) is 12.5. The maximum absolute atomic E-state index is 6.11. The Morgan fingerprint density at radius 1 is 1.17 bits per heavy atom. The van der Waals surface area contributed by atoms with Crippen LogP contribution in [0.2, 0.25) is 0 Å². The van der Waals surface area contributed by atoms with Crippen LogP contribution in [0.25, 0.3) is 10.9 Å². The summed E-state index contributed by atoms with van der Waals surface area (Å²) in [6.45, 7) is 5.39. The first kappa shape index (κ1) is 15.6. The van der Waals surface area contributed by atoms with Crippen LogP contribution in [0.1, 0.15) is 29.5 Å². The smallest absolute Gasteiger partial charge is 0.122 e. The molecule has 3 N–H and O–H groups in total. The van der Waals surface area contributed by atoms with Gasteiger partial charge in [0.25, 0.3) is 0 Å². The van der Waals surface area contributed by atoms with E-state index in [0.717, 1.165) is 12.2 Å². The van der Waals surface area contributed by atoms with Gasteiger partial charge in [-0.2, -0.15) is 0 Å².